The minimum atomic E-state index is -1.41. The number of nitrogens with zero attached hydrogens (tertiary/aromatic N) is 1. The molecule has 19 heavy (non-hydrogen) atoms. The van der Waals surface area contributed by atoms with Crippen LogP contribution in [0.5, 0.6) is 0 Å². The van der Waals surface area contributed by atoms with Crippen molar-refractivity contribution in [2.45, 2.75) is 20.4 Å². The van der Waals surface area contributed by atoms with Crippen LogP contribution in [0.25, 0.3) is 0 Å². The van der Waals surface area contributed by atoms with E-state index in [1.165, 1.54) is 0 Å². The zero-order chi connectivity index (χ0) is 14.4. The lowest BCUT2D eigenvalue weighted by Crippen LogP contribution is -2.30. The molecule has 0 saturated carbocycles. The number of halogens is 3. The standard InChI is InChI=1S/C14H21F3N2/c1-10(2)8-18-4-5-19(3)9-11-6-12(15)14(17)13(16)7-11/h6-7,10,18H,4-5,8-9H2,1-3H3. The summed E-state index contributed by atoms with van der Waals surface area (Å²) in [5.41, 5.74) is 0.433. The zero-order valence-corrected chi connectivity index (χ0v) is 11.6. The van der Waals surface area contributed by atoms with Gasteiger partial charge in [0, 0.05) is 19.6 Å². The average Bonchev–Trinajstić information content (AvgIpc) is 2.31. The molecule has 2 nitrogen and oxygen atoms in total. The Hall–Kier alpha value is -1.07. The monoisotopic (exact) mass is 274 g/mol. The molecule has 0 amide bonds. The first-order valence-electron chi connectivity index (χ1n) is 6.42. The van der Waals surface area contributed by atoms with Crippen LogP contribution in [0, 0.1) is 23.4 Å². The summed E-state index contributed by atoms with van der Waals surface area (Å²) < 4.78 is 38.9. The molecule has 0 aliphatic rings. The summed E-state index contributed by atoms with van der Waals surface area (Å²) in [4.78, 5) is 1.93. The quantitative estimate of drug-likeness (QED) is 0.607. The Morgan fingerprint density at radius 1 is 1.16 bits per heavy atom. The minimum absolute atomic E-state index is 0.386. The van der Waals surface area contributed by atoms with E-state index >= 15 is 0 Å². The number of likely N-dealkylation sites (N-methyl/N-ethyl adjacent to an activating group) is 1. The van der Waals surface area contributed by atoms with E-state index in [4.69, 9.17) is 0 Å². The molecule has 0 heterocycles. The van der Waals surface area contributed by atoms with E-state index in [0.29, 0.717) is 18.0 Å². The largest absolute Gasteiger partial charge is 0.315 e. The highest BCUT2D eigenvalue weighted by Gasteiger charge is 2.11. The van der Waals surface area contributed by atoms with E-state index in [0.717, 1.165) is 31.8 Å². The van der Waals surface area contributed by atoms with Crippen LogP contribution in [0.4, 0.5) is 13.2 Å². The molecule has 1 aromatic carbocycles. The third kappa shape index (κ3) is 5.61. The van der Waals surface area contributed by atoms with Crippen molar-refractivity contribution < 1.29 is 13.2 Å². The van der Waals surface area contributed by atoms with Gasteiger partial charge in [-0.1, -0.05) is 13.8 Å². The van der Waals surface area contributed by atoms with Gasteiger partial charge < -0.3 is 10.2 Å². The van der Waals surface area contributed by atoms with E-state index in [9.17, 15) is 13.2 Å². The predicted octanol–water partition coefficient (Wildman–Crippen LogP) is 2.78. The highest BCUT2D eigenvalue weighted by Crippen LogP contribution is 2.14. The van der Waals surface area contributed by atoms with Crippen LogP contribution >= 0.6 is 0 Å². The number of hydrogen-bond acceptors (Lipinski definition) is 2. The van der Waals surface area contributed by atoms with Gasteiger partial charge in [0.05, 0.1) is 0 Å². The van der Waals surface area contributed by atoms with Crippen molar-refractivity contribution >= 4 is 0 Å². The summed E-state index contributed by atoms with van der Waals surface area (Å²) in [5.74, 6) is -3.10. The Bertz CT molecular complexity index is 385. The normalized spacial score (nSPS) is 11.6. The Morgan fingerprint density at radius 3 is 2.26 bits per heavy atom. The van der Waals surface area contributed by atoms with Gasteiger partial charge in [-0.2, -0.15) is 0 Å². The van der Waals surface area contributed by atoms with E-state index in [-0.39, 0.29) is 0 Å². The van der Waals surface area contributed by atoms with Crippen LogP contribution in [0.1, 0.15) is 19.4 Å². The number of hydrogen-bond donors (Lipinski definition) is 1. The maximum atomic E-state index is 13.0. The molecule has 1 aromatic rings. The van der Waals surface area contributed by atoms with Gasteiger partial charge in [0.1, 0.15) is 0 Å². The average molecular weight is 274 g/mol. The number of nitrogens with one attached hydrogen (secondary N) is 1. The minimum Gasteiger partial charge on any atom is -0.315 e. The highest BCUT2D eigenvalue weighted by atomic mass is 19.2. The predicted molar refractivity (Wildman–Crippen MR) is 70.4 cm³/mol. The Balaban J connectivity index is 2.42. The molecule has 0 unspecified atom stereocenters. The summed E-state index contributed by atoms with van der Waals surface area (Å²) in [6.45, 7) is 7.14. The molecule has 0 aliphatic carbocycles. The molecule has 0 radical (unpaired) electrons. The van der Waals surface area contributed by atoms with Crippen molar-refractivity contribution in [3.8, 4) is 0 Å². The van der Waals surface area contributed by atoms with Crippen molar-refractivity contribution in [2.75, 3.05) is 26.7 Å². The molecule has 5 heteroatoms. The second kappa shape index (κ2) is 7.50. The van der Waals surface area contributed by atoms with Gasteiger partial charge in [-0.05, 0) is 37.2 Å². The summed E-state index contributed by atoms with van der Waals surface area (Å²) in [6, 6.07) is 2.08. The van der Waals surface area contributed by atoms with Crippen LogP contribution in [0.3, 0.4) is 0 Å². The molecule has 0 aromatic heterocycles. The van der Waals surface area contributed by atoms with Crippen LogP contribution in [0.15, 0.2) is 12.1 Å². The van der Waals surface area contributed by atoms with Gasteiger partial charge in [0.2, 0.25) is 0 Å². The van der Waals surface area contributed by atoms with E-state index in [1.54, 1.807) is 0 Å². The molecule has 0 fully saturated rings. The lowest BCUT2D eigenvalue weighted by molar-refractivity contribution is 0.319. The first-order chi connectivity index (χ1) is 8.90. The fraction of sp³-hybridized carbons (Fsp3) is 0.571. The smallest absolute Gasteiger partial charge is 0.194 e. The molecule has 1 N–H and O–H groups in total. The van der Waals surface area contributed by atoms with Gasteiger partial charge >= 0.3 is 0 Å². The van der Waals surface area contributed by atoms with Crippen LogP contribution in [0.2, 0.25) is 0 Å². The SMILES string of the molecule is CC(C)CNCCN(C)Cc1cc(F)c(F)c(F)c1. The fourth-order valence-electron chi connectivity index (χ4n) is 1.75. The molecule has 1 rings (SSSR count). The van der Waals surface area contributed by atoms with Gasteiger partial charge in [0.15, 0.2) is 17.5 Å². The van der Waals surface area contributed by atoms with Gasteiger partial charge in [-0.15, -0.1) is 0 Å². The summed E-state index contributed by atoms with van der Waals surface area (Å²) >= 11 is 0. The van der Waals surface area contributed by atoms with Crippen molar-refractivity contribution in [3.63, 3.8) is 0 Å². The lowest BCUT2D eigenvalue weighted by atomic mass is 10.2. The van der Waals surface area contributed by atoms with Crippen molar-refractivity contribution in [1.29, 1.82) is 0 Å². The fourth-order valence-corrected chi connectivity index (χ4v) is 1.75. The number of rotatable bonds is 7. The first-order valence-corrected chi connectivity index (χ1v) is 6.42. The van der Waals surface area contributed by atoms with E-state index < -0.39 is 17.5 Å². The highest BCUT2D eigenvalue weighted by molar-refractivity contribution is 5.19. The van der Waals surface area contributed by atoms with Crippen molar-refractivity contribution in [1.82, 2.24) is 10.2 Å². The second-order valence-electron chi connectivity index (χ2n) is 5.21. The third-order valence-electron chi connectivity index (χ3n) is 2.72. The molecule has 0 bridgehead atoms. The van der Waals surface area contributed by atoms with Crippen LogP contribution in [-0.4, -0.2) is 31.6 Å². The Kier molecular flexibility index (Phi) is 6.31. The van der Waals surface area contributed by atoms with Gasteiger partial charge in [-0.25, -0.2) is 13.2 Å². The Morgan fingerprint density at radius 2 is 1.74 bits per heavy atom. The number of benzene rings is 1. The molecular formula is C14H21F3N2. The third-order valence-corrected chi connectivity index (χ3v) is 2.72. The summed E-state index contributed by atoms with van der Waals surface area (Å²) in [6.07, 6.45) is 0. The molecule has 0 atom stereocenters. The summed E-state index contributed by atoms with van der Waals surface area (Å²) in [7, 11) is 1.86. The summed E-state index contributed by atoms with van der Waals surface area (Å²) in [5, 5.41) is 3.28. The topological polar surface area (TPSA) is 15.3 Å². The Labute approximate surface area is 112 Å². The maximum absolute atomic E-state index is 13.0. The molecule has 0 aliphatic heterocycles. The molecule has 0 saturated heterocycles. The zero-order valence-electron chi connectivity index (χ0n) is 11.6. The second-order valence-corrected chi connectivity index (χ2v) is 5.21. The van der Waals surface area contributed by atoms with Crippen molar-refractivity contribution in [2.24, 2.45) is 5.92 Å². The molecule has 0 spiro atoms. The van der Waals surface area contributed by atoms with E-state index in [2.05, 4.69) is 19.2 Å². The van der Waals surface area contributed by atoms with Gasteiger partial charge in [0.25, 0.3) is 0 Å². The van der Waals surface area contributed by atoms with Crippen LogP contribution < -0.4 is 5.32 Å². The van der Waals surface area contributed by atoms with Crippen molar-refractivity contribution in [3.05, 3.63) is 35.1 Å². The lowest BCUT2D eigenvalue weighted by Gasteiger charge is -2.17. The molecular weight excluding hydrogens is 253 g/mol. The van der Waals surface area contributed by atoms with Crippen LogP contribution in [-0.2, 0) is 6.54 Å². The maximum Gasteiger partial charge on any atom is 0.194 e. The molecule has 108 valence electrons. The first kappa shape index (κ1) is 16.0. The van der Waals surface area contributed by atoms with E-state index in [1.807, 2.05) is 11.9 Å². The van der Waals surface area contributed by atoms with Gasteiger partial charge in [-0.3, -0.25) is 0 Å².